The van der Waals surface area contributed by atoms with Crippen LogP contribution in [0.1, 0.15) is 25.6 Å². The summed E-state index contributed by atoms with van der Waals surface area (Å²) in [5.41, 5.74) is 3.48. The third kappa shape index (κ3) is 4.20. The van der Waals surface area contributed by atoms with E-state index in [2.05, 4.69) is 9.97 Å². The number of hydrogen-bond acceptors (Lipinski definition) is 6. The van der Waals surface area contributed by atoms with Gasteiger partial charge in [0, 0.05) is 18.1 Å². The monoisotopic (exact) mass is 380 g/mol. The number of nitrogens with one attached hydrogen (secondary N) is 1. The highest BCUT2D eigenvalue weighted by atomic mass is 16.5. The van der Waals surface area contributed by atoms with Crippen molar-refractivity contribution in [2.45, 2.75) is 32.8 Å². The zero-order valence-electron chi connectivity index (χ0n) is 16.2. The van der Waals surface area contributed by atoms with Gasteiger partial charge >= 0.3 is 0 Å². The number of amides is 1. The van der Waals surface area contributed by atoms with Crippen molar-refractivity contribution < 1.29 is 14.7 Å². The normalized spacial score (nSPS) is 11.9. The lowest BCUT2D eigenvalue weighted by Gasteiger charge is -2.21. The lowest BCUT2D eigenvalue weighted by Crippen LogP contribution is -2.36. The molecule has 1 amide bonds. The average molecular weight is 380 g/mol. The van der Waals surface area contributed by atoms with Gasteiger partial charge in [0.1, 0.15) is 17.4 Å². The molecule has 0 aliphatic rings. The molecule has 7 heteroatoms. The smallest absolute Gasteiger partial charge is 0.284 e. The number of rotatable bonds is 7. The lowest BCUT2D eigenvalue weighted by molar-refractivity contribution is -0.136. The number of anilines is 2. The van der Waals surface area contributed by atoms with Gasteiger partial charge < -0.3 is 9.64 Å². The van der Waals surface area contributed by atoms with Crippen LogP contribution in [0.25, 0.3) is 10.9 Å². The van der Waals surface area contributed by atoms with Gasteiger partial charge in [-0.1, -0.05) is 25.5 Å². The van der Waals surface area contributed by atoms with Crippen molar-refractivity contribution in [2.75, 3.05) is 11.9 Å². The Morgan fingerprint density at radius 2 is 1.89 bits per heavy atom. The molecule has 0 bridgehead atoms. The van der Waals surface area contributed by atoms with Crippen molar-refractivity contribution in [1.29, 1.82) is 0 Å². The molecule has 2 aromatic carbocycles. The van der Waals surface area contributed by atoms with Crippen LogP contribution >= 0.6 is 0 Å². The van der Waals surface area contributed by atoms with Gasteiger partial charge in [-0.05, 0) is 49.7 Å². The number of aryl methyl sites for hydroxylation is 1. The number of hydrogen-bond donors (Lipinski definition) is 2. The Hall–Kier alpha value is -3.19. The fraction of sp³-hybridized carbons (Fsp3) is 0.286. The Morgan fingerprint density at radius 3 is 2.57 bits per heavy atom. The van der Waals surface area contributed by atoms with Gasteiger partial charge in [0.05, 0.1) is 5.52 Å². The van der Waals surface area contributed by atoms with Crippen LogP contribution in [0.2, 0.25) is 0 Å². The third-order valence-electron chi connectivity index (χ3n) is 4.47. The first-order valence-electron chi connectivity index (χ1n) is 9.21. The molecule has 0 spiro atoms. The molecular formula is C21H24N4O3. The second-order valence-electron chi connectivity index (χ2n) is 6.54. The number of nitrogens with zero attached hydrogens (tertiary/aromatic N) is 3. The van der Waals surface area contributed by atoms with Crippen LogP contribution in [0.15, 0.2) is 48.5 Å². The van der Waals surface area contributed by atoms with Gasteiger partial charge in [0.2, 0.25) is 0 Å². The van der Waals surface area contributed by atoms with Crippen molar-refractivity contribution in [1.82, 2.24) is 15.4 Å². The fourth-order valence-corrected chi connectivity index (χ4v) is 3.04. The van der Waals surface area contributed by atoms with Crippen LogP contribution in [-0.2, 0) is 4.79 Å². The SMILES string of the molecule is CCCC(Oc1ccc(N(C)c2nc(C)nc3ccccc23)cc1)C(=O)NO. The summed E-state index contributed by atoms with van der Waals surface area (Å²) in [5, 5.41) is 9.83. The first-order chi connectivity index (χ1) is 13.5. The molecule has 7 nitrogen and oxygen atoms in total. The Labute approximate surface area is 163 Å². The Balaban J connectivity index is 1.85. The molecule has 3 rings (SSSR count). The summed E-state index contributed by atoms with van der Waals surface area (Å²) in [6, 6.07) is 15.3. The summed E-state index contributed by atoms with van der Waals surface area (Å²) in [7, 11) is 1.95. The number of fused-ring (bicyclic) bond motifs is 1. The standard InChI is InChI=1S/C21H24N4O3/c1-4-7-19(21(26)24-27)28-16-12-10-15(11-13-16)25(3)20-17-8-5-6-9-18(17)22-14(2)23-20/h5-6,8-13,19,27H,4,7H2,1-3H3,(H,24,26). The van der Waals surface area contributed by atoms with E-state index >= 15 is 0 Å². The first-order valence-corrected chi connectivity index (χ1v) is 9.21. The van der Waals surface area contributed by atoms with E-state index in [1.54, 1.807) is 17.6 Å². The average Bonchev–Trinajstić information content (AvgIpc) is 2.72. The Morgan fingerprint density at radius 1 is 1.18 bits per heavy atom. The second kappa shape index (κ2) is 8.67. The van der Waals surface area contributed by atoms with Gasteiger partial charge in [0.15, 0.2) is 6.10 Å². The molecule has 3 aromatic rings. The lowest BCUT2D eigenvalue weighted by atomic mass is 10.2. The largest absolute Gasteiger partial charge is 0.481 e. The maximum Gasteiger partial charge on any atom is 0.284 e. The number of hydroxylamine groups is 1. The molecule has 0 saturated heterocycles. The van der Waals surface area contributed by atoms with Crippen molar-refractivity contribution in [3.8, 4) is 5.75 Å². The molecule has 146 valence electrons. The Bertz CT molecular complexity index is 960. The minimum absolute atomic E-state index is 0.514. The van der Waals surface area contributed by atoms with E-state index < -0.39 is 12.0 Å². The highest BCUT2D eigenvalue weighted by Crippen LogP contribution is 2.30. The number of ether oxygens (including phenoxy) is 1. The topological polar surface area (TPSA) is 87.6 Å². The predicted octanol–water partition coefficient (Wildman–Crippen LogP) is 3.76. The van der Waals surface area contributed by atoms with E-state index in [0.29, 0.717) is 18.0 Å². The molecule has 0 fully saturated rings. The number of benzene rings is 2. The summed E-state index contributed by atoms with van der Waals surface area (Å²) < 4.78 is 5.72. The molecule has 1 atom stereocenters. The summed E-state index contributed by atoms with van der Waals surface area (Å²) in [4.78, 5) is 22.8. The van der Waals surface area contributed by atoms with Crippen LogP contribution in [-0.4, -0.2) is 34.2 Å². The van der Waals surface area contributed by atoms with Crippen molar-refractivity contribution in [3.05, 3.63) is 54.4 Å². The van der Waals surface area contributed by atoms with Crippen molar-refractivity contribution in [2.24, 2.45) is 0 Å². The van der Waals surface area contributed by atoms with Crippen LogP contribution in [0, 0.1) is 6.92 Å². The van der Waals surface area contributed by atoms with E-state index in [0.717, 1.165) is 28.8 Å². The Kier molecular flexibility index (Phi) is 6.06. The highest BCUT2D eigenvalue weighted by molar-refractivity contribution is 5.91. The molecule has 0 saturated carbocycles. The molecule has 0 radical (unpaired) electrons. The second-order valence-corrected chi connectivity index (χ2v) is 6.54. The summed E-state index contributed by atoms with van der Waals surface area (Å²) in [6.07, 6.45) is 0.547. The van der Waals surface area contributed by atoms with Crippen molar-refractivity contribution >= 4 is 28.3 Å². The molecular weight excluding hydrogens is 356 g/mol. The van der Waals surface area contributed by atoms with E-state index in [-0.39, 0.29) is 0 Å². The number of para-hydroxylation sites is 1. The maximum atomic E-state index is 11.7. The van der Waals surface area contributed by atoms with Crippen LogP contribution < -0.4 is 15.1 Å². The van der Waals surface area contributed by atoms with Gasteiger partial charge in [-0.2, -0.15) is 0 Å². The van der Waals surface area contributed by atoms with Crippen LogP contribution in [0.3, 0.4) is 0 Å². The molecule has 0 aliphatic carbocycles. The predicted molar refractivity (Wildman–Crippen MR) is 108 cm³/mol. The molecule has 1 heterocycles. The third-order valence-corrected chi connectivity index (χ3v) is 4.47. The van der Waals surface area contributed by atoms with Crippen LogP contribution in [0.4, 0.5) is 11.5 Å². The number of carbonyl (C=O) groups excluding carboxylic acids is 1. The number of aromatic nitrogens is 2. The fourth-order valence-electron chi connectivity index (χ4n) is 3.04. The molecule has 2 N–H and O–H groups in total. The molecule has 1 unspecified atom stereocenters. The number of carbonyl (C=O) groups is 1. The zero-order valence-corrected chi connectivity index (χ0v) is 16.2. The summed E-state index contributed by atoms with van der Waals surface area (Å²) in [6.45, 7) is 3.83. The maximum absolute atomic E-state index is 11.7. The molecule has 0 aliphatic heterocycles. The zero-order chi connectivity index (χ0) is 20.1. The molecule has 28 heavy (non-hydrogen) atoms. The van der Waals surface area contributed by atoms with Gasteiger partial charge in [-0.25, -0.2) is 15.4 Å². The minimum Gasteiger partial charge on any atom is -0.481 e. The highest BCUT2D eigenvalue weighted by Gasteiger charge is 2.19. The quantitative estimate of drug-likeness (QED) is 0.479. The van der Waals surface area contributed by atoms with E-state index in [9.17, 15) is 4.79 Å². The van der Waals surface area contributed by atoms with E-state index in [1.165, 1.54) is 0 Å². The van der Waals surface area contributed by atoms with Crippen molar-refractivity contribution in [3.63, 3.8) is 0 Å². The van der Waals surface area contributed by atoms with Crippen LogP contribution in [0.5, 0.6) is 5.75 Å². The van der Waals surface area contributed by atoms with Gasteiger partial charge in [-0.15, -0.1) is 0 Å². The van der Waals surface area contributed by atoms with Gasteiger partial charge in [-0.3, -0.25) is 10.0 Å². The summed E-state index contributed by atoms with van der Waals surface area (Å²) in [5.74, 6) is 1.53. The van der Waals surface area contributed by atoms with Gasteiger partial charge in [0.25, 0.3) is 5.91 Å². The van der Waals surface area contributed by atoms with E-state index in [1.807, 2.05) is 62.2 Å². The summed E-state index contributed by atoms with van der Waals surface area (Å²) >= 11 is 0. The first kappa shape index (κ1) is 19.6. The van der Waals surface area contributed by atoms with E-state index in [4.69, 9.17) is 9.94 Å². The molecule has 1 aromatic heterocycles. The minimum atomic E-state index is -0.730.